The Morgan fingerprint density at radius 1 is 0.420 bits per heavy atom. The van der Waals surface area contributed by atoms with Crippen molar-refractivity contribution in [3.63, 3.8) is 0 Å². The van der Waals surface area contributed by atoms with E-state index >= 15 is 0 Å². The lowest BCUT2D eigenvalue weighted by atomic mass is 10.00. The van der Waals surface area contributed by atoms with Crippen LogP contribution in [0.25, 0.3) is 98.8 Å². The van der Waals surface area contributed by atoms with Crippen LogP contribution >= 0.6 is 11.3 Å². The molecule has 0 amide bonds. The van der Waals surface area contributed by atoms with Gasteiger partial charge >= 0.3 is 0 Å². The van der Waals surface area contributed by atoms with Crippen molar-refractivity contribution in [3.05, 3.63) is 158 Å². The molecule has 234 valence electrons. The van der Waals surface area contributed by atoms with Crippen molar-refractivity contribution < 1.29 is 4.42 Å². The summed E-state index contributed by atoms with van der Waals surface area (Å²) in [7, 11) is 0. The molecule has 10 aromatic rings. The first-order valence-electron chi connectivity index (χ1n) is 16.5. The van der Waals surface area contributed by atoms with Gasteiger partial charge in [0, 0.05) is 39.1 Å². The SMILES string of the molecule is c1ccc(-c2nc(-c3ccc(-c4ccc5ccccc5c4)cc3)nc(-c3cccc4oc5cc6sc(-c7ccccc7)nc6cc5c34)n2)cc1. The molecule has 7 aromatic carbocycles. The van der Waals surface area contributed by atoms with Gasteiger partial charge in [-0.2, -0.15) is 0 Å². The first-order valence-corrected chi connectivity index (χ1v) is 17.3. The van der Waals surface area contributed by atoms with Crippen molar-refractivity contribution in [1.82, 2.24) is 19.9 Å². The molecule has 0 saturated heterocycles. The van der Waals surface area contributed by atoms with Crippen LogP contribution in [0.1, 0.15) is 0 Å². The third kappa shape index (κ3) is 4.93. The molecule has 0 radical (unpaired) electrons. The summed E-state index contributed by atoms with van der Waals surface area (Å²) in [5.41, 5.74) is 8.65. The van der Waals surface area contributed by atoms with E-state index < -0.39 is 0 Å². The molecule has 0 aliphatic rings. The van der Waals surface area contributed by atoms with Gasteiger partial charge in [0.05, 0.1) is 10.2 Å². The van der Waals surface area contributed by atoms with Crippen LogP contribution in [0.15, 0.2) is 162 Å². The number of nitrogens with zero attached hydrogens (tertiary/aromatic N) is 4. The molecule has 6 heteroatoms. The van der Waals surface area contributed by atoms with Gasteiger partial charge in [0.1, 0.15) is 16.2 Å². The zero-order valence-corrected chi connectivity index (χ0v) is 27.4. The fraction of sp³-hybridized carbons (Fsp3) is 0. The van der Waals surface area contributed by atoms with Crippen LogP contribution in [0.2, 0.25) is 0 Å². The van der Waals surface area contributed by atoms with Crippen molar-refractivity contribution in [2.45, 2.75) is 0 Å². The van der Waals surface area contributed by atoms with Gasteiger partial charge in [-0.25, -0.2) is 19.9 Å². The summed E-state index contributed by atoms with van der Waals surface area (Å²) in [4.78, 5) is 20.2. The maximum absolute atomic E-state index is 6.46. The number of hydrogen-bond acceptors (Lipinski definition) is 6. The van der Waals surface area contributed by atoms with Gasteiger partial charge in [0.2, 0.25) is 0 Å². The molecule has 50 heavy (non-hydrogen) atoms. The minimum Gasteiger partial charge on any atom is -0.456 e. The average Bonchev–Trinajstić information content (AvgIpc) is 3.78. The van der Waals surface area contributed by atoms with Crippen LogP contribution in [0, 0.1) is 0 Å². The molecule has 0 aliphatic carbocycles. The number of aromatic nitrogens is 4. The van der Waals surface area contributed by atoms with Gasteiger partial charge in [-0.05, 0) is 40.1 Å². The van der Waals surface area contributed by atoms with E-state index in [0.29, 0.717) is 17.5 Å². The highest BCUT2D eigenvalue weighted by Crippen LogP contribution is 2.40. The normalized spacial score (nSPS) is 11.6. The van der Waals surface area contributed by atoms with Gasteiger partial charge in [-0.1, -0.05) is 133 Å². The maximum atomic E-state index is 6.46. The van der Waals surface area contributed by atoms with Gasteiger partial charge in [0.25, 0.3) is 0 Å². The first kappa shape index (κ1) is 28.5. The molecule has 3 heterocycles. The van der Waals surface area contributed by atoms with E-state index in [1.165, 1.54) is 16.3 Å². The molecular weight excluding hydrogens is 633 g/mol. The molecule has 5 nitrogen and oxygen atoms in total. The van der Waals surface area contributed by atoms with Crippen molar-refractivity contribution in [2.24, 2.45) is 0 Å². The Hall–Kier alpha value is -6.50. The van der Waals surface area contributed by atoms with Crippen molar-refractivity contribution in [2.75, 3.05) is 0 Å². The number of furan rings is 1. The van der Waals surface area contributed by atoms with Crippen LogP contribution in [-0.2, 0) is 0 Å². The number of hydrogen-bond donors (Lipinski definition) is 0. The number of benzene rings is 7. The smallest absolute Gasteiger partial charge is 0.164 e. The fourth-order valence-corrected chi connectivity index (χ4v) is 7.64. The topological polar surface area (TPSA) is 64.7 Å². The second kappa shape index (κ2) is 11.6. The zero-order valence-electron chi connectivity index (χ0n) is 26.6. The number of fused-ring (bicyclic) bond motifs is 5. The van der Waals surface area contributed by atoms with Gasteiger partial charge in [-0.3, -0.25) is 0 Å². The Morgan fingerprint density at radius 3 is 1.84 bits per heavy atom. The molecule has 0 fully saturated rings. The predicted molar refractivity (Wildman–Crippen MR) is 205 cm³/mol. The summed E-state index contributed by atoms with van der Waals surface area (Å²) in [6, 6.07) is 54.1. The van der Waals surface area contributed by atoms with Crippen LogP contribution in [0.3, 0.4) is 0 Å². The van der Waals surface area contributed by atoms with Gasteiger partial charge in [0.15, 0.2) is 17.5 Å². The molecule has 3 aromatic heterocycles. The highest BCUT2D eigenvalue weighted by Gasteiger charge is 2.19. The second-order valence-corrected chi connectivity index (χ2v) is 13.3. The summed E-state index contributed by atoms with van der Waals surface area (Å²) in [5.74, 6) is 1.81. The Morgan fingerprint density at radius 2 is 1.06 bits per heavy atom. The Kier molecular flexibility index (Phi) is 6.60. The third-order valence-electron chi connectivity index (χ3n) is 9.16. The molecule has 0 N–H and O–H groups in total. The van der Waals surface area contributed by atoms with Gasteiger partial charge in [-0.15, -0.1) is 11.3 Å². The van der Waals surface area contributed by atoms with E-state index in [-0.39, 0.29) is 0 Å². The molecule has 0 bridgehead atoms. The minimum atomic E-state index is 0.587. The molecule has 10 rings (SSSR count). The summed E-state index contributed by atoms with van der Waals surface area (Å²) in [6.45, 7) is 0. The molecule has 0 saturated carbocycles. The van der Waals surface area contributed by atoms with Crippen molar-refractivity contribution in [1.29, 1.82) is 0 Å². The molecule has 0 atom stereocenters. The largest absolute Gasteiger partial charge is 0.456 e. The summed E-state index contributed by atoms with van der Waals surface area (Å²) >= 11 is 1.67. The molecule has 0 spiro atoms. The van der Waals surface area contributed by atoms with E-state index in [2.05, 4.69) is 97.1 Å². The van der Waals surface area contributed by atoms with Crippen LogP contribution < -0.4 is 0 Å². The molecule has 0 unspecified atom stereocenters. The standard InChI is InChI=1S/C44H26N4OS/c1-3-11-29(12-4-1)41-46-42(30-21-18-28(19-22-30)33-23-20-27-10-7-8-15-32(27)24-33)48-43(47-41)34-16-9-17-37-40(34)35-25-36-39(26-38(35)49-37)50-44(45-36)31-13-5-2-6-14-31/h1-26H. The van der Waals surface area contributed by atoms with E-state index in [4.69, 9.17) is 24.4 Å². The lowest BCUT2D eigenvalue weighted by molar-refractivity contribution is 0.669. The monoisotopic (exact) mass is 658 g/mol. The predicted octanol–water partition coefficient (Wildman–Crippen LogP) is 11.9. The van der Waals surface area contributed by atoms with Gasteiger partial charge < -0.3 is 4.42 Å². The quantitative estimate of drug-likeness (QED) is 0.184. The maximum Gasteiger partial charge on any atom is 0.164 e. The van der Waals surface area contributed by atoms with Crippen molar-refractivity contribution in [3.8, 4) is 55.9 Å². The zero-order chi connectivity index (χ0) is 33.0. The highest BCUT2D eigenvalue weighted by molar-refractivity contribution is 7.21. The second-order valence-electron chi connectivity index (χ2n) is 12.3. The summed E-state index contributed by atoms with van der Waals surface area (Å²) < 4.78 is 7.54. The van der Waals surface area contributed by atoms with E-state index in [1.807, 2.05) is 60.7 Å². The number of thiazole rings is 1. The Bertz CT molecular complexity index is 2860. The van der Waals surface area contributed by atoms with E-state index in [9.17, 15) is 0 Å². The lowest BCUT2D eigenvalue weighted by Crippen LogP contribution is -2.00. The van der Waals surface area contributed by atoms with Crippen molar-refractivity contribution >= 4 is 54.3 Å². The highest BCUT2D eigenvalue weighted by atomic mass is 32.1. The minimum absolute atomic E-state index is 0.587. The first-order chi connectivity index (χ1) is 24.7. The average molecular weight is 659 g/mol. The Balaban J connectivity index is 1.12. The van der Waals surface area contributed by atoms with Crippen LogP contribution in [0.5, 0.6) is 0 Å². The number of rotatable bonds is 5. The Labute approximate surface area is 291 Å². The lowest BCUT2D eigenvalue weighted by Gasteiger charge is -2.10. The fourth-order valence-electron chi connectivity index (χ4n) is 6.66. The molecular formula is C44H26N4OS. The van der Waals surface area contributed by atoms with E-state index in [0.717, 1.165) is 65.0 Å². The summed E-state index contributed by atoms with van der Waals surface area (Å²) in [6.07, 6.45) is 0. The third-order valence-corrected chi connectivity index (χ3v) is 10.2. The van der Waals surface area contributed by atoms with Crippen LogP contribution in [0.4, 0.5) is 0 Å². The summed E-state index contributed by atoms with van der Waals surface area (Å²) in [5, 5.41) is 5.38. The van der Waals surface area contributed by atoms with Crippen LogP contribution in [-0.4, -0.2) is 19.9 Å². The molecule has 0 aliphatic heterocycles. The van der Waals surface area contributed by atoms with E-state index in [1.54, 1.807) is 11.3 Å².